The summed E-state index contributed by atoms with van der Waals surface area (Å²) >= 11 is 1.46. The van der Waals surface area contributed by atoms with Crippen LogP contribution in [0.15, 0.2) is 72.8 Å². The number of benzene rings is 3. The van der Waals surface area contributed by atoms with Gasteiger partial charge in [-0.2, -0.15) is 0 Å². The fourth-order valence-electron chi connectivity index (χ4n) is 4.87. The molecule has 0 radical (unpaired) electrons. The van der Waals surface area contributed by atoms with Crippen LogP contribution in [-0.4, -0.2) is 28.2 Å². The molecule has 0 aliphatic carbocycles. The smallest absolute Gasteiger partial charge is 0.254 e. The van der Waals surface area contributed by atoms with Crippen molar-refractivity contribution in [3.05, 3.63) is 95.1 Å². The minimum absolute atomic E-state index is 0.000796. The summed E-state index contributed by atoms with van der Waals surface area (Å²) in [5, 5.41) is 3.63. The predicted molar refractivity (Wildman–Crippen MR) is 121 cm³/mol. The van der Waals surface area contributed by atoms with Gasteiger partial charge in [-0.25, -0.2) is 4.98 Å². The highest BCUT2D eigenvalue weighted by atomic mass is 32.1. The van der Waals surface area contributed by atoms with Crippen molar-refractivity contribution >= 4 is 38.5 Å². The van der Waals surface area contributed by atoms with E-state index in [0.29, 0.717) is 17.2 Å². The molecule has 4 aromatic rings. The largest absolute Gasteiger partial charge is 0.330 e. The number of nitrogens with one attached hydrogen (secondary N) is 1. The number of nitrogens with zero attached hydrogens (tertiary/aromatic N) is 2. The summed E-state index contributed by atoms with van der Waals surface area (Å²) in [6, 6.07) is 23.2. The van der Waals surface area contributed by atoms with Crippen LogP contribution in [0.3, 0.4) is 0 Å². The second-order valence-electron chi connectivity index (χ2n) is 7.93. The SMILES string of the molecule is O=C(Nc1nc2ccccc2s1)C1c2ccccc2C(=O)N2CCc3ccccc3C12. The molecule has 2 unspecified atom stereocenters. The van der Waals surface area contributed by atoms with Gasteiger partial charge in [0.15, 0.2) is 5.13 Å². The van der Waals surface area contributed by atoms with E-state index in [0.717, 1.165) is 27.8 Å². The van der Waals surface area contributed by atoms with Crippen molar-refractivity contribution in [2.75, 3.05) is 11.9 Å². The Hall–Kier alpha value is -3.51. The van der Waals surface area contributed by atoms with E-state index in [2.05, 4.69) is 16.4 Å². The van der Waals surface area contributed by atoms with Crippen molar-refractivity contribution in [1.82, 2.24) is 9.88 Å². The molecule has 0 fully saturated rings. The Morgan fingerprint density at radius 3 is 2.58 bits per heavy atom. The highest BCUT2D eigenvalue weighted by molar-refractivity contribution is 7.22. The Labute approximate surface area is 183 Å². The molecule has 31 heavy (non-hydrogen) atoms. The molecule has 3 heterocycles. The van der Waals surface area contributed by atoms with Crippen LogP contribution in [0, 0.1) is 0 Å². The van der Waals surface area contributed by atoms with Crippen LogP contribution in [0.5, 0.6) is 0 Å². The lowest BCUT2D eigenvalue weighted by molar-refractivity contribution is -0.119. The molecule has 2 atom stereocenters. The lowest BCUT2D eigenvalue weighted by Gasteiger charge is -2.45. The lowest BCUT2D eigenvalue weighted by Crippen LogP contribution is -2.49. The second-order valence-corrected chi connectivity index (χ2v) is 8.96. The van der Waals surface area contributed by atoms with E-state index in [-0.39, 0.29) is 17.9 Å². The predicted octanol–water partition coefficient (Wildman–Crippen LogP) is 4.77. The van der Waals surface area contributed by atoms with Gasteiger partial charge in [-0.1, -0.05) is 65.9 Å². The van der Waals surface area contributed by atoms with Gasteiger partial charge in [0.2, 0.25) is 5.91 Å². The number of anilines is 1. The van der Waals surface area contributed by atoms with E-state index < -0.39 is 5.92 Å². The first-order valence-corrected chi connectivity index (χ1v) is 11.2. The maximum absolute atomic E-state index is 13.7. The zero-order chi connectivity index (χ0) is 20.9. The van der Waals surface area contributed by atoms with Crippen LogP contribution in [-0.2, 0) is 11.2 Å². The molecule has 2 aliphatic rings. The first kappa shape index (κ1) is 18.3. The molecular weight excluding hydrogens is 406 g/mol. The number of amides is 2. The molecule has 2 aliphatic heterocycles. The molecular formula is C25H19N3O2S. The molecule has 1 aromatic heterocycles. The van der Waals surface area contributed by atoms with E-state index in [4.69, 9.17) is 0 Å². The topological polar surface area (TPSA) is 62.3 Å². The summed E-state index contributed by atoms with van der Waals surface area (Å²) in [5.41, 5.74) is 4.52. The zero-order valence-electron chi connectivity index (χ0n) is 16.6. The van der Waals surface area contributed by atoms with Gasteiger partial charge >= 0.3 is 0 Å². The number of aromatic nitrogens is 1. The molecule has 6 rings (SSSR count). The summed E-state index contributed by atoms with van der Waals surface area (Å²) in [4.78, 5) is 33.4. The number of carbonyl (C=O) groups excluding carboxylic acids is 2. The standard InChI is InChI=1S/C25H19N3O2S/c29-23(27-25-26-19-11-5-6-12-20(19)31-25)21-17-9-3-4-10-18(17)24(30)28-14-13-15-7-1-2-8-16(15)22(21)28/h1-12,21-22H,13-14H2,(H,26,27,29). The van der Waals surface area contributed by atoms with Crippen LogP contribution in [0.1, 0.15) is 39.0 Å². The highest BCUT2D eigenvalue weighted by Gasteiger charge is 2.46. The third-order valence-electron chi connectivity index (χ3n) is 6.24. The summed E-state index contributed by atoms with van der Waals surface area (Å²) in [5.74, 6) is -0.632. The number of rotatable bonds is 2. The maximum Gasteiger partial charge on any atom is 0.254 e. The number of hydrogen-bond donors (Lipinski definition) is 1. The monoisotopic (exact) mass is 425 g/mol. The van der Waals surface area contributed by atoms with Crippen molar-refractivity contribution in [3.8, 4) is 0 Å². The van der Waals surface area contributed by atoms with Crippen molar-refractivity contribution in [2.24, 2.45) is 0 Å². The number of carbonyl (C=O) groups is 2. The number of thiazole rings is 1. The van der Waals surface area contributed by atoms with Gasteiger partial charge in [-0.15, -0.1) is 0 Å². The Balaban J connectivity index is 1.46. The van der Waals surface area contributed by atoms with Crippen molar-refractivity contribution in [1.29, 1.82) is 0 Å². The van der Waals surface area contributed by atoms with Gasteiger partial charge in [0.05, 0.1) is 22.2 Å². The molecule has 2 amide bonds. The molecule has 0 saturated heterocycles. The van der Waals surface area contributed by atoms with Gasteiger partial charge in [0, 0.05) is 12.1 Å². The van der Waals surface area contributed by atoms with Crippen LogP contribution in [0.25, 0.3) is 10.2 Å². The first-order chi connectivity index (χ1) is 15.2. The molecule has 0 saturated carbocycles. The molecule has 152 valence electrons. The van der Waals surface area contributed by atoms with Gasteiger partial charge in [0.1, 0.15) is 0 Å². The Bertz CT molecular complexity index is 1310. The minimum Gasteiger partial charge on any atom is -0.330 e. The summed E-state index contributed by atoms with van der Waals surface area (Å²) < 4.78 is 1.03. The van der Waals surface area contributed by atoms with Gasteiger partial charge in [-0.3, -0.25) is 9.59 Å². The Morgan fingerprint density at radius 2 is 1.71 bits per heavy atom. The third-order valence-corrected chi connectivity index (χ3v) is 7.19. The average Bonchev–Trinajstić information content (AvgIpc) is 3.21. The Kier molecular flexibility index (Phi) is 4.14. The quantitative estimate of drug-likeness (QED) is 0.503. The molecule has 0 spiro atoms. The van der Waals surface area contributed by atoms with E-state index in [1.165, 1.54) is 16.9 Å². The van der Waals surface area contributed by atoms with Crippen LogP contribution in [0.2, 0.25) is 0 Å². The van der Waals surface area contributed by atoms with Crippen molar-refractivity contribution in [3.63, 3.8) is 0 Å². The number of para-hydroxylation sites is 1. The van der Waals surface area contributed by atoms with Crippen molar-refractivity contribution < 1.29 is 9.59 Å². The van der Waals surface area contributed by atoms with Crippen LogP contribution >= 0.6 is 11.3 Å². The fraction of sp³-hybridized carbons (Fsp3) is 0.160. The third kappa shape index (κ3) is 2.86. The van der Waals surface area contributed by atoms with Gasteiger partial charge in [-0.05, 0) is 41.3 Å². The molecule has 5 nitrogen and oxygen atoms in total. The zero-order valence-corrected chi connectivity index (χ0v) is 17.4. The van der Waals surface area contributed by atoms with E-state index in [1.54, 1.807) is 0 Å². The molecule has 1 N–H and O–H groups in total. The molecule has 3 aromatic carbocycles. The molecule has 0 bridgehead atoms. The van der Waals surface area contributed by atoms with E-state index in [1.807, 2.05) is 71.6 Å². The average molecular weight is 426 g/mol. The highest BCUT2D eigenvalue weighted by Crippen LogP contribution is 2.46. The molecule has 6 heteroatoms. The number of hydrogen-bond acceptors (Lipinski definition) is 4. The number of fused-ring (bicyclic) bond motifs is 5. The normalized spacial score (nSPS) is 19.5. The van der Waals surface area contributed by atoms with Crippen LogP contribution < -0.4 is 5.32 Å². The summed E-state index contributed by atoms with van der Waals surface area (Å²) in [6.45, 7) is 0.611. The lowest BCUT2D eigenvalue weighted by atomic mass is 9.76. The van der Waals surface area contributed by atoms with Gasteiger partial charge in [0.25, 0.3) is 5.91 Å². The summed E-state index contributed by atoms with van der Waals surface area (Å²) in [7, 11) is 0. The minimum atomic E-state index is -0.498. The van der Waals surface area contributed by atoms with E-state index >= 15 is 0 Å². The maximum atomic E-state index is 13.7. The first-order valence-electron chi connectivity index (χ1n) is 10.3. The Morgan fingerprint density at radius 1 is 0.968 bits per heavy atom. The fourth-order valence-corrected chi connectivity index (χ4v) is 5.74. The van der Waals surface area contributed by atoms with Crippen LogP contribution in [0.4, 0.5) is 5.13 Å². The van der Waals surface area contributed by atoms with Crippen molar-refractivity contribution in [2.45, 2.75) is 18.4 Å². The summed E-state index contributed by atoms with van der Waals surface area (Å²) in [6.07, 6.45) is 0.798. The van der Waals surface area contributed by atoms with Gasteiger partial charge < -0.3 is 10.2 Å². The second kappa shape index (κ2) is 7.03. The van der Waals surface area contributed by atoms with E-state index in [9.17, 15) is 9.59 Å².